The number of amides is 2. The van der Waals surface area contributed by atoms with Gasteiger partial charge in [-0.25, -0.2) is 4.79 Å². The first-order valence-corrected chi connectivity index (χ1v) is 11.8. The number of ether oxygens (including phenoxy) is 2. The lowest BCUT2D eigenvalue weighted by Gasteiger charge is -2.23. The third kappa shape index (κ3) is 4.25. The topological polar surface area (TPSA) is 114 Å². The second-order valence-electron chi connectivity index (χ2n) is 9.21. The van der Waals surface area contributed by atoms with Crippen molar-refractivity contribution in [2.75, 3.05) is 19.8 Å². The first-order chi connectivity index (χ1) is 16.5. The van der Waals surface area contributed by atoms with Gasteiger partial charge >= 0.3 is 12.1 Å². The lowest BCUT2D eigenvalue weighted by Crippen LogP contribution is -2.50. The van der Waals surface area contributed by atoms with Crippen LogP contribution in [0.25, 0.3) is 11.1 Å². The molecule has 5 rings (SSSR count). The molecule has 2 aromatic carbocycles. The fourth-order valence-electron chi connectivity index (χ4n) is 5.46. The molecule has 8 heteroatoms. The molecule has 0 spiro atoms. The minimum atomic E-state index is -0.890. The van der Waals surface area contributed by atoms with Gasteiger partial charge in [-0.1, -0.05) is 55.0 Å². The van der Waals surface area contributed by atoms with Crippen LogP contribution in [0.1, 0.15) is 36.3 Å². The zero-order valence-electron chi connectivity index (χ0n) is 18.7. The molecular weight excluding hydrogens is 436 g/mol. The number of hydrogen-bond donors (Lipinski definition) is 3. The fraction of sp³-hybridized carbons (Fsp3) is 0.423. The Balaban J connectivity index is 1.19. The molecule has 0 aromatic heterocycles. The van der Waals surface area contributed by atoms with Crippen molar-refractivity contribution < 1.29 is 29.0 Å². The summed E-state index contributed by atoms with van der Waals surface area (Å²) in [6.07, 6.45) is 1.37. The van der Waals surface area contributed by atoms with E-state index in [0.29, 0.717) is 12.8 Å². The first kappa shape index (κ1) is 22.4. The summed E-state index contributed by atoms with van der Waals surface area (Å²) in [4.78, 5) is 36.9. The number of fused-ring (bicyclic) bond motifs is 3. The van der Waals surface area contributed by atoms with Crippen LogP contribution in [0.4, 0.5) is 4.79 Å². The van der Waals surface area contributed by atoms with Crippen LogP contribution < -0.4 is 10.6 Å². The minimum absolute atomic E-state index is 0.0487. The van der Waals surface area contributed by atoms with Crippen LogP contribution in [-0.2, 0) is 19.1 Å². The van der Waals surface area contributed by atoms with Gasteiger partial charge in [0.15, 0.2) is 0 Å². The van der Waals surface area contributed by atoms with E-state index in [1.165, 1.54) is 0 Å². The van der Waals surface area contributed by atoms with Crippen molar-refractivity contribution in [2.24, 2.45) is 11.8 Å². The highest BCUT2D eigenvalue weighted by atomic mass is 16.5. The van der Waals surface area contributed by atoms with Crippen LogP contribution in [0.2, 0.25) is 0 Å². The van der Waals surface area contributed by atoms with Gasteiger partial charge in [-0.2, -0.15) is 0 Å². The molecule has 4 atom stereocenters. The smallest absolute Gasteiger partial charge is 0.407 e. The summed E-state index contributed by atoms with van der Waals surface area (Å²) in [6.45, 7) is 0.562. The van der Waals surface area contributed by atoms with E-state index in [1.54, 1.807) is 0 Å². The van der Waals surface area contributed by atoms with Crippen LogP contribution >= 0.6 is 0 Å². The maximum absolute atomic E-state index is 12.8. The van der Waals surface area contributed by atoms with E-state index in [0.717, 1.165) is 28.7 Å². The summed E-state index contributed by atoms with van der Waals surface area (Å²) in [5.74, 6) is -2.39. The average molecular weight is 465 g/mol. The third-order valence-electron chi connectivity index (χ3n) is 7.23. The molecule has 34 heavy (non-hydrogen) atoms. The summed E-state index contributed by atoms with van der Waals surface area (Å²) in [5.41, 5.74) is 4.56. The van der Waals surface area contributed by atoms with Gasteiger partial charge in [-0.3, -0.25) is 9.59 Å². The fourth-order valence-corrected chi connectivity index (χ4v) is 5.46. The molecule has 8 nitrogen and oxygen atoms in total. The quantitative estimate of drug-likeness (QED) is 0.606. The molecule has 1 saturated carbocycles. The van der Waals surface area contributed by atoms with Crippen molar-refractivity contribution in [1.29, 1.82) is 0 Å². The third-order valence-corrected chi connectivity index (χ3v) is 7.23. The number of carbonyl (C=O) groups is 3. The molecule has 2 aliphatic carbocycles. The Morgan fingerprint density at radius 2 is 1.56 bits per heavy atom. The van der Waals surface area contributed by atoms with Crippen molar-refractivity contribution in [3.05, 3.63) is 59.7 Å². The maximum Gasteiger partial charge on any atom is 0.407 e. The standard InChI is InChI=1S/C26H28N2O6/c29-24(27-22-11-5-10-19(22)25(30)31)21-12-33-14-23(21)28-26(32)34-13-20-17-8-3-1-6-15(17)16-7-2-4-9-18(16)20/h1-4,6-9,19-23H,5,10-14H2,(H,27,29)(H,28,32)(H,30,31). The molecule has 3 aliphatic rings. The Morgan fingerprint density at radius 1 is 0.882 bits per heavy atom. The van der Waals surface area contributed by atoms with E-state index in [9.17, 15) is 19.5 Å². The van der Waals surface area contributed by atoms with Gasteiger partial charge in [0.2, 0.25) is 5.91 Å². The number of carbonyl (C=O) groups excluding carboxylic acids is 2. The zero-order valence-corrected chi connectivity index (χ0v) is 18.7. The van der Waals surface area contributed by atoms with Gasteiger partial charge in [0.05, 0.1) is 31.1 Å². The summed E-state index contributed by atoms with van der Waals surface area (Å²) >= 11 is 0. The van der Waals surface area contributed by atoms with E-state index in [2.05, 4.69) is 34.9 Å². The van der Waals surface area contributed by atoms with Crippen LogP contribution in [-0.4, -0.2) is 55.0 Å². The molecule has 2 fully saturated rings. The lowest BCUT2D eigenvalue weighted by molar-refractivity contribution is -0.142. The second kappa shape index (κ2) is 9.46. The van der Waals surface area contributed by atoms with Crippen molar-refractivity contribution in [3.63, 3.8) is 0 Å². The number of hydrogen-bond acceptors (Lipinski definition) is 5. The normalized spacial score (nSPS) is 25.4. The van der Waals surface area contributed by atoms with Crippen molar-refractivity contribution >= 4 is 18.0 Å². The Morgan fingerprint density at radius 3 is 2.24 bits per heavy atom. The number of alkyl carbamates (subject to hydrolysis) is 1. The van der Waals surface area contributed by atoms with Crippen LogP contribution in [0, 0.1) is 11.8 Å². The summed E-state index contributed by atoms with van der Waals surface area (Å²) < 4.78 is 11.1. The van der Waals surface area contributed by atoms with Gasteiger partial charge in [-0.05, 0) is 35.1 Å². The zero-order chi connectivity index (χ0) is 23.7. The second-order valence-corrected chi connectivity index (χ2v) is 9.21. The summed E-state index contributed by atoms with van der Waals surface area (Å²) in [6, 6.07) is 15.3. The molecule has 3 N–H and O–H groups in total. The van der Waals surface area contributed by atoms with Gasteiger partial charge in [0.1, 0.15) is 6.61 Å². The number of nitrogens with one attached hydrogen (secondary N) is 2. The van der Waals surface area contributed by atoms with Gasteiger partial charge in [0, 0.05) is 12.0 Å². The Hall–Kier alpha value is -3.39. The molecule has 1 aliphatic heterocycles. The Bertz CT molecular complexity index is 1060. The predicted octanol–water partition coefficient (Wildman–Crippen LogP) is 2.91. The molecule has 178 valence electrons. The van der Waals surface area contributed by atoms with E-state index in [4.69, 9.17) is 9.47 Å². The molecule has 4 unspecified atom stereocenters. The summed E-state index contributed by atoms with van der Waals surface area (Å²) in [5, 5.41) is 15.0. The highest BCUT2D eigenvalue weighted by Gasteiger charge is 2.40. The van der Waals surface area contributed by atoms with Crippen LogP contribution in [0.5, 0.6) is 0 Å². The monoisotopic (exact) mass is 464 g/mol. The first-order valence-electron chi connectivity index (χ1n) is 11.8. The number of carboxylic acid groups (broad SMARTS) is 1. The highest BCUT2D eigenvalue weighted by molar-refractivity contribution is 5.82. The highest BCUT2D eigenvalue weighted by Crippen LogP contribution is 2.44. The maximum atomic E-state index is 12.8. The van der Waals surface area contributed by atoms with Gasteiger partial charge in [0.25, 0.3) is 0 Å². The molecular formula is C26H28N2O6. The largest absolute Gasteiger partial charge is 0.481 e. The van der Waals surface area contributed by atoms with Gasteiger partial charge < -0.3 is 25.2 Å². The van der Waals surface area contributed by atoms with E-state index in [1.807, 2.05) is 24.3 Å². The van der Waals surface area contributed by atoms with Crippen molar-refractivity contribution in [1.82, 2.24) is 10.6 Å². The van der Waals surface area contributed by atoms with E-state index >= 15 is 0 Å². The molecule has 2 aromatic rings. The van der Waals surface area contributed by atoms with Crippen molar-refractivity contribution in [2.45, 2.75) is 37.3 Å². The lowest BCUT2D eigenvalue weighted by atomic mass is 9.98. The minimum Gasteiger partial charge on any atom is -0.481 e. The summed E-state index contributed by atoms with van der Waals surface area (Å²) in [7, 11) is 0. The number of rotatable bonds is 6. The average Bonchev–Trinajstić information content (AvgIpc) is 3.55. The van der Waals surface area contributed by atoms with E-state index < -0.39 is 29.9 Å². The van der Waals surface area contributed by atoms with Crippen LogP contribution in [0.15, 0.2) is 48.5 Å². The molecule has 2 amide bonds. The molecule has 0 bridgehead atoms. The SMILES string of the molecule is O=C(NC1COCC1C(=O)NC1CCCC1C(=O)O)OCC1c2ccccc2-c2ccccc21. The van der Waals surface area contributed by atoms with Crippen LogP contribution in [0.3, 0.4) is 0 Å². The Labute approximate surface area is 197 Å². The van der Waals surface area contributed by atoms with Gasteiger partial charge in [-0.15, -0.1) is 0 Å². The molecule has 1 heterocycles. The predicted molar refractivity (Wildman–Crippen MR) is 123 cm³/mol. The molecule has 1 saturated heterocycles. The number of carboxylic acids is 1. The number of benzene rings is 2. The van der Waals surface area contributed by atoms with E-state index in [-0.39, 0.29) is 37.7 Å². The molecule has 0 radical (unpaired) electrons. The Kier molecular flexibility index (Phi) is 6.24. The number of aliphatic carboxylic acids is 1. The van der Waals surface area contributed by atoms with Crippen molar-refractivity contribution in [3.8, 4) is 11.1 Å².